The molecule has 1 aliphatic rings. The average Bonchev–Trinajstić information content (AvgIpc) is 2.47. The molecular formula is C15H20N2O3. The number of pyridine rings is 1. The van der Waals surface area contributed by atoms with Gasteiger partial charge in [-0.3, -0.25) is 14.6 Å². The predicted molar refractivity (Wildman–Crippen MR) is 74.2 cm³/mol. The van der Waals surface area contributed by atoms with E-state index in [0.29, 0.717) is 25.3 Å². The minimum absolute atomic E-state index is 0.0600. The summed E-state index contributed by atoms with van der Waals surface area (Å²) in [7, 11) is 0. The first kappa shape index (κ1) is 14.5. The van der Waals surface area contributed by atoms with Crippen LogP contribution in [-0.2, 0) is 9.53 Å². The maximum atomic E-state index is 12.4. The van der Waals surface area contributed by atoms with Crippen molar-refractivity contribution in [2.75, 3.05) is 19.7 Å². The number of nitrogens with zero attached hydrogens (tertiary/aromatic N) is 2. The number of carbonyl (C=O) groups excluding carboxylic acids is 2. The first-order valence-corrected chi connectivity index (χ1v) is 6.99. The molecule has 1 aromatic rings. The quantitative estimate of drug-likeness (QED) is 0.790. The molecule has 1 amide bonds. The van der Waals surface area contributed by atoms with Gasteiger partial charge in [0.15, 0.2) is 0 Å². The summed E-state index contributed by atoms with van der Waals surface area (Å²) >= 11 is 0. The largest absolute Gasteiger partial charge is 0.466 e. The lowest BCUT2D eigenvalue weighted by Gasteiger charge is -2.31. The Labute approximate surface area is 118 Å². The molecule has 2 heterocycles. The summed E-state index contributed by atoms with van der Waals surface area (Å²) in [6, 6.07) is 1.82. The molecule has 0 unspecified atom stereocenters. The molecule has 0 radical (unpaired) electrons. The molecule has 1 aliphatic heterocycles. The molecule has 0 aliphatic carbocycles. The van der Waals surface area contributed by atoms with Crippen molar-refractivity contribution in [3.63, 3.8) is 0 Å². The van der Waals surface area contributed by atoms with Crippen LogP contribution in [0.3, 0.4) is 0 Å². The van der Waals surface area contributed by atoms with Crippen LogP contribution in [0.15, 0.2) is 18.5 Å². The summed E-state index contributed by atoms with van der Waals surface area (Å²) in [5.41, 5.74) is 1.53. The van der Waals surface area contributed by atoms with Gasteiger partial charge in [0.05, 0.1) is 18.1 Å². The van der Waals surface area contributed by atoms with Gasteiger partial charge in [0.25, 0.3) is 5.91 Å². The highest BCUT2D eigenvalue weighted by Crippen LogP contribution is 2.20. The van der Waals surface area contributed by atoms with Crippen LogP contribution in [0, 0.1) is 12.8 Å². The van der Waals surface area contributed by atoms with E-state index in [-0.39, 0.29) is 17.8 Å². The lowest BCUT2D eigenvalue weighted by molar-refractivity contribution is -0.149. The molecule has 1 atom stereocenters. The van der Waals surface area contributed by atoms with Crippen molar-refractivity contribution in [1.29, 1.82) is 0 Å². The number of ether oxygens (including phenoxy) is 1. The van der Waals surface area contributed by atoms with E-state index in [9.17, 15) is 9.59 Å². The van der Waals surface area contributed by atoms with Crippen molar-refractivity contribution in [2.45, 2.75) is 26.7 Å². The van der Waals surface area contributed by atoms with Gasteiger partial charge in [-0.1, -0.05) is 0 Å². The summed E-state index contributed by atoms with van der Waals surface area (Å²) in [6.07, 6.45) is 4.90. The molecule has 5 nitrogen and oxygen atoms in total. The van der Waals surface area contributed by atoms with E-state index in [1.165, 1.54) is 0 Å². The van der Waals surface area contributed by atoms with Crippen molar-refractivity contribution in [3.05, 3.63) is 29.6 Å². The first-order chi connectivity index (χ1) is 9.61. The third-order valence-electron chi connectivity index (χ3n) is 3.45. The monoisotopic (exact) mass is 276 g/mol. The maximum Gasteiger partial charge on any atom is 0.310 e. The molecule has 1 fully saturated rings. The Morgan fingerprint density at radius 2 is 2.25 bits per heavy atom. The van der Waals surface area contributed by atoms with Crippen LogP contribution in [0.4, 0.5) is 0 Å². The molecule has 0 saturated carbocycles. The summed E-state index contributed by atoms with van der Waals surface area (Å²) < 4.78 is 5.05. The molecule has 108 valence electrons. The molecule has 1 aromatic heterocycles. The fourth-order valence-corrected chi connectivity index (χ4v) is 2.47. The first-order valence-electron chi connectivity index (χ1n) is 6.99. The second-order valence-electron chi connectivity index (χ2n) is 5.09. The van der Waals surface area contributed by atoms with Crippen molar-refractivity contribution >= 4 is 11.9 Å². The SMILES string of the molecule is CCOC(=O)[C@@H]1CCCN(C(=O)c2cncc(C)c2)C1. The third-order valence-corrected chi connectivity index (χ3v) is 3.45. The van der Waals surface area contributed by atoms with Crippen LogP contribution in [0.5, 0.6) is 0 Å². The third kappa shape index (κ3) is 3.35. The smallest absolute Gasteiger partial charge is 0.310 e. The Morgan fingerprint density at radius 1 is 1.45 bits per heavy atom. The van der Waals surface area contributed by atoms with Gasteiger partial charge in [0.1, 0.15) is 0 Å². The molecule has 2 rings (SSSR count). The number of aromatic nitrogens is 1. The average molecular weight is 276 g/mol. The topological polar surface area (TPSA) is 59.5 Å². The summed E-state index contributed by atoms with van der Waals surface area (Å²) in [6.45, 7) is 5.20. The van der Waals surface area contributed by atoms with Gasteiger partial charge in [-0.05, 0) is 38.3 Å². The number of likely N-dealkylation sites (tertiary alicyclic amines) is 1. The van der Waals surface area contributed by atoms with E-state index in [1.54, 1.807) is 24.2 Å². The van der Waals surface area contributed by atoms with E-state index < -0.39 is 0 Å². The van der Waals surface area contributed by atoms with Gasteiger partial charge in [-0.15, -0.1) is 0 Å². The zero-order valence-corrected chi connectivity index (χ0v) is 12.0. The van der Waals surface area contributed by atoms with E-state index >= 15 is 0 Å². The van der Waals surface area contributed by atoms with Gasteiger partial charge in [-0.25, -0.2) is 0 Å². The van der Waals surface area contributed by atoms with E-state index in [1.807, 2.05) is 13.0 Å². The molecular weight excluding hydrogens is 256 g/mol. The van der Waals surface area contributed by atoms with Crippen molar-refractivity contribution in [1.82, 2.24) is 9.88 Å². The zero-order valence-electron chi connectivity index (χ0n) is 12.0. The van der Waals surface area contributed by atoms with Crippen LogP contribution >= 0.6 is 0 Å². The second kappa shape index (κ2) is 6.50. The second-order valence-corrected chi connectivity index (χ2v) is 5.09. The molecule has 0 N–H and O–H groups in total. The minimum atomic E-state index is -0.203. The number of rotatable bonds is 3. The van der Waals surface area contributed by atoms with Gasteiger partial charge >= 0.3 is 5.97 Å². The lowest BCUT2D eigenvalue weighted by atomic mass is 9.97. The highest BCUT2D eigenvalue weighted by Gasteiger charge is 2.29. The predicted octanol–water partition coefficient (Wildman–Crippen LogP) is 1.81. The number of esters is 1. The number of aryl methyl sites for hydroxylation is 1. The highest BCUT2D eigenvalue weighted by molar-refractivity contribution is 5.94. The Kier molecular flexibility index (Phi) is 4.71. The van der Waals surface area contributed by atoms with E-state index in [2.05, 4.69) is 4.98 Å². The molecule has 0 spiro atoms. The Balaban J connectivity index is 2.05. The Hall–Kier alpha value is -1.91. The fraction of sp³-hybridized carbons (Fsp3) is 0.533. The molecule has 0 aromatic carbocycles. The standard InChI is InChI=1S/C15H20N2O3/c1-3-20-15(19)12-5-4-6-17(10-12)14(18)13-7-11(2)8-16-9-13/h7-9,12H,3-6,10H2,1-2H3/t12-/m1/s1. The maximum absolute atomic E-state index is 12.4. The number of piperidine rings is 1. The molecule has 20 heavy (non-hydrogen) atoms. The highest BCUT2D eigenvalue weighted by atomic mass is 16.5. The van der Waals surface area contributed by atoms with Gasteiger partial charge in [-0.2, -0.15) is 0 Å². The van der Waals surface area contributed by atoms with Gasteiger partial charge in [0, 0.05) is 25.5 Å². The Morgan fingerprint density at radius 3 is 2.95 bits per heavy atom. The van der Waals surface area contributed by atoms with Crippen LogP contribution in [0.1, 0.15) is 35.7 Å². The van der Waals surface area contributed by atoms with Crippen LogP contribution in [-0.4, -0.2) is 41.5 Å². The number of hydrogen-bond acceptors (Lipinski definition) is 4. The van der Waals surface area contributed by atoms with E-state index in [4.69, 9.17) is 4.74 Å². The fourth-order valence-electron chi connectivity index (χ4n) is 2.47. The van der Waals surface area contributed by atoms with Gasteiger partial charge < -0.3 is 9.64 Å². The number of amides is 1. The van der Waals surface area contributed by atoms with E-state index in [0.717, 1.165) is 18.4 Å². The van der Waals surface area contributed by atoms with Crippen LogP contribution in [0.25, 0.3) is 0 Å². The van der Waals surface area contributed by atoms with Crippen molar-refractivity contribution in [3.8, 4) is 0 Å². The Bertz CT molecular complexity index is 502. The zero-order chi connectivity index (χ0) is 14.5. The molecule has 0 bridgehead atoms. The van der Waals surface area contributed by atoms with Gasteiger partial charge in [0.2, 0.25) is 0 Å². The van der Waals surface area contributed by atoms with Crippen molar-refractivity contribution in [2.24, 2.45) is 5.92 Å². The lowest BCUT2D eigenvalue weighted by Crippen LogP contribution is -2.42. The number of hydrogen-bond donors (Lipinski definition) is 0. The molecule has 1 saturated heterocycles. The summed E-state index contributed by atoms with van der Waals surface area (Å²) in [4.78, 5) is 30.0. The summed E-state index contributed by atoms with van der Waals surface area (Å²) in [5.74, 6) is -0.465. The van der Waals surface area contributed by atoms with Crippen LogP contribution < -0.4 is 0 Å². The van der Waals surface area contributed by atoms with Crippen LogP contribution in [0.2, 0.25) is 0 Å². The molecule has 5 heteroatoms. The normalized spacial score (nSPS) is 18.7. The number of carbonyl (C=O) groups is 2. The summed E-state index contributed by atoms with van der Waals surface area (Å²) in [5, 5.41) is 0. The van der Waals surface area contributed by atoms with Crippen molar-refractivity contribution < 1.29 is 14.3 Å². The minimum Gasteiger partial charge on any atom is -0.466 e.